The first-order chi connectivity index (χ1) is 15.6. The van der Waals surface area contributed by atoms with Crippen molar-refractivity contribution in [2.45, 2.75) is 22.8 Å². The van der Waals surface area contributed by atoms with Crippen LogP contribution in [-0.2, 0) is 26.0 Å². The van der Waals surface area contributed by atoms with Gasteiger partial charge >= 0.3 is 5.97 Å². The largest absolute Gasteiger partial charge is 0.480 e. The molecule has 4 rings (SSSR count). The van der Waals surface area contributed by atoms with Crippen molar-refractivity contribution in [3.63, 3.8) is 0 Å². The maximum Gasteiger partial charge on any atom is 0.326 e. The fourth-order valence-electron chi connectivity index (χ4n) is 4.00. The Morgan fingerprint density at radius 3 is 2.15 bits per heavy atom. The molecule has 8 nitrogen and oxygen atoms in total. The Hall–Kier alpha value is -3.76. The second-order valence-electron chi connectivity index (χ2n) is 7.62. The van der Waals surface area contributed by atoms with Gasteiger partial charge in [0.25, 0.3) is 0 Å². The van der Waals surface area contributed by atoms with E-state index in [1.165, 1.54) is 48.5 Å². The first-order valence-corrected chi connectivity index (χ1v) is 11.3. The highest BCUT2D eigenvalue weighted by Gasteiger charge is 2.56. The van der Waals surface area contributed by atoms with Gasteiger partial charge in [-0.15, -0.1) is 0 Å². The molecule has 170 valence electrons. The second-order valence-corrected chi connectivity index (χ2v) is 9.30. The summed E-state index contributed by atoms with van der Waals surface area (Å²) >= 11 is 0. The van der Waals surface area contributed by atoms with Gasteiger partial charge in [-0.1, -0.05) is 24.3 Å². The normalized spacial score (nSPS) is 19.6. The Balaban J connectivity index is 1.63. The van der Waals surface area contributed by atoms with E-state index in [4.69, 9.17) is 10.5 Å². The van der Waals surface area contributed by atoms with Crippen LogP contribution in [0, 0.1) is 5.82 Å². The molecule has 1 amide bonds. The average molecular weight is 470 g/mol. The highest BCUT2D eigenvalue weighted by atomic mass is 32.2. The number of primary amides is 1. The smallest absolute Gasteiger partial charge is 0.326 e. The van der Waals surface area contributed by atoms with Crippen LogP contribution in [0.1, 0.15) is 17.0 Å². The SMILES string of the molecule is NC(=O)C1c2ccccc2CC1(NS(=O)(=O)c1ccc(Oc2ccc(F)cc2)cc1)C(=O)O. The molecular weight excluding hydrogens is 451 g/mol. The molecule has 2 unspecified atom stereocenters. The summed E-state index contributed by atoms with van der Waals surface area (Å²) in [6.07, 6.45) is -0.239. The Labute approximate surface area is 188 Å². The van der Waals surface area contributed by atoms with Crippen LogP contribution in [-0.4, -0.2) is 30.9 Å². The van der Waals surface area contributed by atoms with Crippen LogP contribution in [0.25, 0.3) is 0 Å². The molecule has 0 bridgehead atoms. The summed E-state index contributed by atoms with van der Waals surface area (Å²) in [5, 5.41) is 10.0. The van der Waals surface area contributed by atoms with Gasteiger partial charge in [-0.2, -0.15) is 4.72 Å². The summed E-state index contributed by atoms with van der Waals surface area (Å²) in [6.45, 7) is 0. The second kappa shape index (κ2) is 8.30. The minimum atomic E-state index is -4.37. The molecule has 1 aliphatic carbocycles. The molecule has 4 N–H and O–H groups in total. The van der Waals surface area contributed by atoms with Crippen molar-refractivity contribution >= 4 is 21.9 Å². The number of hydrogen-bond acceptors (Lipinski definition) is 5. The van der Waals surface area contributed by atoms with Crippen molar-refractivity contribution in [2.75, 3.05) is 0 Å². The third-order valence-corrected chi connectivity index (χ3v) is 7.02. The molecule has 3 aromatic carbocycles. The number of rotatable bonds is 7. The molecule has 1 aliphatic rings. The van der Waals surface area contributed by atoms with Gasteiger partial charge < -0.3 is 15.6 Å². The first kappa shape index (κ1) is 22.4. The molecule has 0 fully saturated rings. The maximum absolute atomic E-state index is 13.1. The zero-order valence-corrected chi connectivity index (χ0v) is 17.9. The summed E-state index contributed by atoms with van der Waals surface area (Å²) in [6, 6.07) is 17.0. The van der Waals surface area contributed by atoms with Gasteiger partial charge in [-0.25, -0.2) is 12.8 Å². The number of amides is 1. The number of carbonyl (C=O) groups is 2. The van der Waals surface area contributed by atoms with E-state index in [1.54, 1.807) is 24.3 Å². The lowest BCUT2D eigenvalue weighted by molar-refractivity contribution is -0.146. The molecule has 33 heavy (non-hydrogen) atoms. The molecule has 0 aliphatic heterocycles. The minimum absolute atomic E-state index is 0.228. The van der Waals surface area contributed by atoms with Crippen LogP contribution < -0.4 is 15.2 Å². The molecule has 0 radical (unpaired) electrons. The van der Waals surface area contributed by atoms with Crippen molar-refractivity contribution in [1.82, 2.24) is 4.72 Å². The number of sulfonamides is 1. The van der Waals surface area contributed by atoms with E-state index in [1.807, 2.05) is 0 Å². The van der Waals surface area contributed by atoms with Crippen LogP contribution in [0.15, 0.2) is 77.7 Å². The van der Waals surface area contributed by atoms with Gasteiger partial charge in [0.1, 0.15) is 22.9 Å². The van der Waals surface area contributed by atoms with Crippen LogP contribution in [0.2, 0.25) is 0 Å². The minimum Gasteiger partial charge on any atom is -0.480 e. The number of hydrogen-bond donors (Lipinski definition) is 3. The van der Waals surface area contributed by atoms with Gasteiger partial charge in [0.05, 0.1) is 10.8 Å². The standard InChI is InChI=1S/C23H19FN2O6S/c24-15-5-7-16(8-6-15)32-17-9-11-18(12-10-17)33(30,31)26-23(22(28)29)13-14-3-1-2-4-19(14)20(23)21(25)27/h1-12,20,26H,13H2,(H2,25,27)(H,28,29). The van der Waals surface area contributed by atoms with E-state index in [-0.39, 0.29) is 17.1 Å². The van der Waals surface area contributed by atoms with Crippen LogP contribution in [0.5, 0.6) is 11.5 Å². The third kappa shape index (κ3) is 4.18. The fraction of sp³-hybridized carbons (Fsp3) is 0.130. The number of nitrogens with one attached hydrogen (secondary N) is 1. The predicted molar refractivity (Wildman–Crippen MR) is 116 cm³/mol. The van der Waals surface area contributed by atoms with Crippen LogP contribution >= 0.6 is 0 Å². The zero-order valence-electron chi connectivity index (χ0n) is 17.1. The Kier molecular flexibility index (Phi) is 5.64. The number of halogens is 1. The number of carboxylic acids is 1. The molecular formula is C23H19FN2O6S. The monoisotopic (exact) mass is 470 g/mol. The number of fused-ring (bicyclic) bond motifs is 1. The topological polar surface area (TPSA) is 136 Å². The number of carboxylic acid groups (broad SMARTS) is 1. The highest BCUT2D eigenvalue weighted by molar-refractivity contribution is 7.89. The molecule has 0 aromatic heterocycles. The Morgan fingerprint density at radius 1 is 1.00 bits per heavy atom. The zero-order chi connectivity index (χ0) is 23.8. The van der Waals surface area contributed by atoms with Crippen molar-refractivity contribution in [3.05, 3.63) is 89.7 Å². The van der Waals surface area contributed by atoms with Gasteiger partial charge in [0, 0.05) is 6.42 Å². The number of carbonyl (C=O) groups excluding carboxylic acids is 1. The van der Waals surface area contributed by atoms with E-state index < -0.39 is 39.2 Å². The van der Waals surface area contributed by atoms with E-state index in [0.29, 0.717) is 16.9 Å². The Morgan fingerprint density at radius 2 is 1.58 bits per heavy atom. The van der Waals surface area contributed by atoms with E-state index >= 15 is 0 Å². The number of benzene rings is 3. The van der Waals surface area contributed by atoms with E-state index in [2.05, 4.69) is 4.72 Å². The van der Waals surface area contributed by atoms with Crippen LogP contribution in [0.4, 0.5) is 4.39 Å². The molecule has 0 saturated carbocycles. The number of nitrogens with two attached hydrogens (primary N) is 1. The third-order valence-electron chi connectivity index (χ3n) is 5.49. The lowest BCUT2D eigenvalue weighted by Gasteiger charge is -2.30. The van der Waals surface area contributed by atoms with Crippen molar-refractivity contribution in [3.8, 4) is 11.5 Å². The molecule has 2 atom stereocenters. The molecule has 0 saturated heterocycles. The maximum atomic E-state index is 13.1. The molecule has 0 spiro atoms. The summed E-state index contributed by atoms with van der Waals surface area (Å²) in [5.41, 5.74) is 4.24. The summed E-state index contributed by atoms with van der Waals surface area (Å²) in [7, 11) is -4.37. The quantitative estimate of drug-likeness (QED) is 0.486. The first-order valence-electron chi connectivity index (χ1n) is 9.80. The number of ether oxygens (including phenoxy) is 1. The highest BCUT2D eigenvalue weighted by Crippen LogP contribution is 2.42. The van der Waals surface area contributed by atoms with Gasteiger partial charge in [0.15, 0.2) is 0 Å². The summed E-state index contributed by atoms with van der Waals surface area (Å²) < 4.78 is 47.0. The van der Waals surface area contributed by atoms with Gasteiger partial charge in [-0.05, 0) is 59.7 Å². The van der Waals surface area contributed by atoms with E-state index in [0.717, 1.165) is 0 Å². The van der Waals surface area contributed by atoms with Gasteiger partial charge in [-0.3, -0.25) is 9.59 Å². The van der Waals surface area contributed by atoms with Gasteiger partial charge in [0.2, 0.25) is 15.9 Å². The fourth-order valence-corrected chi connectivity index (χ4v) is 5.37. The molecule has 0 heterocycles. The predicted octanol–water partition coefficient (Wildman–Crippen LogP) is 2.54. The van der Waals surface area contributed by atoms with Crippen molar-refractivity contribution in [2.24, 2.45) is 5.73 Å². The molecule has 3 aromatic rings. The molecule has 10 heteroatoms. The summed E-state index contributed by atoms with van der Waals surface area (Å²) in [5.74, 6) is -3.64. The average Bonchev–Trinajstić information content (AvgIpc) is 3.10. The van der Waals surface area contributed by atoms with Crippen molar-refractivity contribution in [1.29, 1.82) is 0 Å². The summed E-state index contributed by atoms with van der Waals surface area (Å²) in [4.78, 5) is 24.3. The van der Waals surface area contributed by atoms with E-state index in [9.17, 15) is 27.5 Å². The van der Waals surface area contributed by atoms with Crippen LogP contribution in [0.3, 0.4) is 0 Å². The Bertz CT molecular complexity index is 1330. The number of aliphatic carboxylic acids is 1. The lowest BCUT2D eigenvalue weighted by atomic mass is 9.85. The lowest BCUT2D eigenvalue weighted by Crippen LogP contribution is -2.59. The van der Waals surface area contributed by atoms with Crippen molar-refractivity contribution < 1.29 is 32.2 Å².